The molecule has 2 fully saturated rings. The SMILES string of the molecule is CC1(C)Oc2cc(Cl)ccc2[C@H]2OCC3(CCN(CCn4ccnc4)CC3)C[C@@H]21.Cc1ccc(S(=O)(=O)O)cc1.Cc1ccc(S(=O)(=O)O)cc1. The number of fused-ring (bicyclic) bond motifs is 3. The third-order valence-electron chi connectivity index (χ3n) is 9.92. The number of halogens is 1. The van der Waals surface area contributed by atoms with Gasteiger partial charge in [-0.2, -0.15) is 16.8 Å². The van der Waals surface area contributed by atoms with Crippen LogP contribution in [0.4, 0.5) is 0 Å². The second-order valence-corrected chi connectivity index (χ2v) is 17.4. The van der Waals surface area contributed by atoms with Crippen molar-refractivity contribution in [3.63, 3.8) is 0 Å². The topological polar surface area (TPSA) is 148 Å². The number of rotatable bonds is 5. The van der Waals surface area contributed by atoms with Crippen molar-refractivity contribution in [1.82, 2.24) is 14.5 Å². The molecule has 2 N–H and O–H groups in total. The lowest BCUT2D eigenvalue weighted by molar-refractivity contribution is -0.174. The average molecular weight is 760 g/mol. The van der Waals surface area contributed by atoms with Crippen LogP contribution >= 0.6 is 11.6 Å². The van der Waals surface area contributed by atoms with E-state index in [2.05, 4.69) is 34.4 Å². The van der Waals surface area contributed by atoms with Crippen LogP contribution in [0.25, 0.3) is 0 Å². The number of hydrogen-bond donors (Lipinski definition) is 2. The maximum atomic E-state index is 10.5. The number of piperidine rings is 1. The quantitative estimate of drug-likeness (QED) is 0.203. The first-order valence-corrected chi connectivity index (χ1v) is 20.1. The summed E-state index contributed by atoms with van der Waals surface area (Å²) in [4.78, 5) is 6.58. The second kappa shape index (κ2) is 15.7. The van der Waals surface area contributed by atoms with Crippen LogP contribution < -0.4 is 4.74 Å². The van der Waals surface area contributed by atoms with E-state index >= 15 is 0 Å². The lowest BCUT2D eigenvalue weighted by Gasteiger charge is -2.54. The van der Waals surface area contributed by atoms with Crippen molar-refractivity contribution in [3.8, 4) is 5.75 Å². The molecule has 0 saturated carbocycles. The van der Waals surface area contributed by atoms with E-state index in [0.29, 0.717) is 10.9 Å². The Bertz CT molecular complexity index is 1900. The largest absolute Gasteiger partial charge is 0.487 e. The molecular formula is C37H46ClN3O8S2. The molecule has 0 radical (unpaired) electrons. The van der Waals surface area contributed by atoms with Crippen LogP contribution in [0, 0.1) is 25.2 Å². The highest BCUT2D eigenvalue weighted by Gasteiger charge is 2.52. The van der Waals surface area contributed by atoms with Crippen molar-refractivity contribution in [2.45, 2.75) is 75.0 Å². The molecule has 11 nitrogen and oxygen atoms in total. The summed E-state index contributed by atoms with van der Waals surface area (Å²) in [5.74, 6) is 1.25. The molecular weight excluding hydrogens is 714 g/mol. The molecule has 14 heteroatoms. The number of aromatic nitrogens is 2. The highest BCUT2D eigenvalue weighted by molar-refractivity contribution is 7.86. The first kappa shape index (κ1) is 38.9. The summed E-state index contributed by atoms with van der Waals surface area (Å²) in [5, 5.41) is 0.716. The monoisotopic (exact) mass is 759 g/mol. The Labute approximate surface area is 306 Å². The molecule has 276 valence electrons. The summed E-state index contributed by atoms with van der Waals surface area (Å²) < 4.78 is 74.3. The van der Waals surface area contributed by atoms with Crippen molar-refractivity contribution >= 4 is 31.8 Å². The molecule has 3 aromatic carbocycles. The number of ether oxygens (including phenoxy) is 2. The van der Waals surface area contributed by atoms with E-state index in [9.17, 15) is 16.8 Å². The van der Waals surface area contributed by atoms with Gasteiger partial charge in [-0.3, -0.25) is 9.11 Å². The minimum atomic E-state index is -4.02. The fourth-order valence-corrected chi connectivity index (χ4v) is 7.94. The lowest BCUT2D eigenvalue weighted by Crippen LogP contribution is -2.54. The predicted molar refractivity (Wildman–Crippen MR) is 195 cm³/mol. The number of nitrogens with zero attached hydrogens (tertiary/aromatic N) is 3. The molecule has 7 rings (SSSR count). The summed E-state index contributed by atoms with van der Waals surface area (Å²) in [5.41, 5.74) is 3.09. The van der Waals surface area contributed by atoms with Gasteiger partial charge in [0.05, 0.1) is 28.8 Å². The number of aryl methyl sites for hydroxylation is 2. The molecule has 0 amide bonds. The Hall–Kier alpha value is -3.30. The smallest absolute Gasteiger partial charge is 0.294 e. The number of hydrogen-bond acceptors (Lipinski definition) is 8. The summed E-state index contributed by atoms with van der Waals surface area (Å²) in [6.45, 7) is 13.3. The number of likely N-dealkylation sites (tertiary alicyclic amines) is 1. The second-order valence-electron chi connectivity index (χ2n) is 14.1. The van der Waals surface area contributed by atoms with Gasteiger partial charge < -0.3 is 18.9 Å². The molecule has 2 atom stereocenters. The average Bonchev–Trinajstić information content (AvgIpc) is 3.59. The molecule has 2 saturated heterocycles. The molecule has 0 unspecified atom stereocenters. The summed E-state index contributed by atoms with van der Waals surface area (Å²) in [7, 11) is -8.04. The van der Waals surface area contributed by atoms with Gasteiger partial charge in [0.2, 0.25) is 0 Å². The Kier molecular flexibility index (Phi) is 12.0. The fraction of sp³-hybridized carbons (Fsp3) is 0.432. The van der Waals surface area contributed by atoms with Crippen LogP contribution in [0.2, 0.25) is 5.02 Å². The van der Waals surface area contributed by atoms with Gasteiger partial charge in [0.15, 0.2) is 0 Å². The Morgan fingerprint density at radius 3 is 1.94 bits per heavy atom. The highest BCUT2D eigenvalue weighted by atomic mass is 35.5. The first-order chi connectivity index (χ1) is 23.9. The molecule has 4 aromatic rings. The van der Waals surface area contributed by atoms with Crippen molar-refractivity contribution < 1.29 is 35.4 Å². The Morgan fingerprint density at radius 1 is 0.863 bits per heavy atom. The minimum absolute atomic E-state index is 0.0666. The molecule has 0 bridgehead atoms. The Balaban J connectivity index is 0.000000188. The van der Waals surface area contributed by atoms with Gasteiger partial charge in [-0.15, -0.1) is 0 Å². The van der Waals surface area contributed by atoms with Gasteiger partial charge >= 0.3 is 0 Å². The lowest BCUT2D eigenvalue weighted by atomic mass is 9.64. The normalized spacial score (nSPS) is 20.8. The van der Waals surface area contributed by atoms with E-state index in [-0.39, 0.29) is 26.9 Å². The summed E-state index contributed by atoms with van der Waals surface area (Å²) >= 11 is 6.20. The van der Waals surface area contributed by atoms with E-state index in [1.807, 2.05) is 44.7 Å². The number of benzene rings is 3. The standard InChI is InChI=1S/C23H30ClN3O2.2C7H8O3S/c1-22(2)19-14-23(5-8-26(9-6-23)11-12-27-10-7-25-16-27)15-28-21(19)18-4-3-17(24)13-20(18)29-22;2*1-6-2-4-7(5-3-6)11(8,9)10/h3-4,7,10,13,16,19,21H,5-6,8-9,11-12,14-15H2,1-2H3;2*2-5H,1H3,(H,8,9,10)/t19-,21+;;/m0../s1. The molecule has 51 heavy (non-hydrogen) atoms. The summed E-state index contributed by atoms with van der Waals surface area (Å²) in [6, 6.07) is 17.9. The molecule has 0 aliphatic carbocycles. The van der Waals surface area contributed by atoms with Gasteiger partial charge in [-0.05, 0) is 102 Å². The maximum Gasteiger partial charge on any atom is 0.294 e. The summed E-state index contributed by atoms with van der Waals surface area (Å²) in [6.07, 6.45) is 9.46. The zero-order chi connectivity index (χ0) is 37.0. The van der Waals surface area contributed by atoms with Crippen LogP contribution in [-0.4, -0.2) is 72.2 Å². The first-order valence-electron chi connectivity index (χ1n) is 16.8. The van der Waals surface area contributed by atoms with Crippen LogP contribution in [0.3, 0.4) is 0 Å². The van der Waals surface area contributed by atoms with Crippen LogP contribution in [-0.2, 0) is 31.5 Å². The maximum absolute atomic E-state index is 10.5. The molecule has 3 aliphatic rings. The minimum Gasteiger partial charge on any atom is -0.487 e. The van der Waals surface area contributed by atoms with Crippen LogP contribution in [0.1, 0.15) is 55.9 Å². The number of imidazole rings is 1. The van der Waals surface area contributed by atoms with Crippen molar-refractivity contribution in [1.29, 1.82) is 0 Å². The van der Waals surface area contributed by atoms with Gasteiger partial charge in [-0.25, -0.2) is 4.98 Å². The van der Waals surface area contributed by atoms with E-state index in [4.69, 9.17) is 30.2 Å². The Morgan fingerprint density at radius 2 is 1.43 bits per heavy atom. The molecule has 3 aliphatic heterocycles. The van der Waals surface area contributed by atoms with E-state index in [1.165, 1.54) is 43.5 Å². The van der Waals surface area contributed by atoms with E-state index < -0.39 is 20.2 Å². The zero-order valence-electron chi connectivity index (χ0n) is 29.3. The molecule has 1 spiro atoms. The zero-order valence-corrected chi connectivity index (χ0v) is 31.7. The molecule has 1 aromatic heterocycles. The van der Waals surface area contributed by atoms with Gasteiger partial charge in [-0.1, -0.05) is 53.1 Å². The van der Waals surface area contributed by atoms with Gasteiger partial charge in [0, 0.05) is 42.0 Å². The van der Waals surface area contributed by atoms with Crippen LogP contribution in [0.5, 0.6) is 5.75 Å². The van der Waals surface area contributed by atoms with Gasteiger partial charge in [0.1, 0.15) is 11.4 Å². The third kappa shape index (κ3) is 10.2. The fourth-order valence-electron chi connectivity index (χ4n) is 6.82. The third-order valence-corrected chi connectivity index (χ3v) is 11.9. The highest BCUT2D eigenvalue weighted by Crippen LogP contribution is 2.55. The van der Waals surface area contributed by atoms with Crippen molar-refractivity contribution in [2.75, 3.05) is 26.2 Å². The van der Waals surface area contributed by atoms with Crippen molar-refractivity contribution in [3.05, 3.63) is 107 Å². The van der Waals surface area contributed by atoms with E-state index in [1.54, 1.807) is 24.3 Å². The van der Waals surface area contributed by atoms with Crippen molar-refractivity contribution in [2.24, 2.45) is 11.3 Å². The van der Waals surface area contributed by atoms with Crippen LogP contribution in [0.15, 0.2) is 95.2 Å². The van der Waals surface area contributed by atoms with Gasteiger partial charge in [0.25, 0.3) is 20.2 Å². The molecule has 4 heterocycles. The van der Waals surface area contributed by atoms with E-state index in [0.717, 1.165) is 55.2 Å². The predicted octanol–water partition coefficient (Wildman–Crippen LogP) is 7.05.